The number of nitrogens with one attached hydrogen (secondary N) is 1. The minimum Gasteiger partial charge on any atom is -0.369 e. The zero-order valence-electron chi connectivity index (χ0n) is 15.5. The second-order valence-electron chi connectivity index (χ2n) is 7.03. The van der Waals surface area contributed by atoms with E-state index in [2.05, 4.69) is 15.1 Å². The molecule has 2 aromatic carbocycles. The van der Waals surface area contributed by atoms with E-state index in [4.69, 9.17) is 0 Å². The van der Waals surface area contributed by atoms with E-state index in [1.54, 1.807) is 36.7 Å². The number of hydrogen-bond acceptors (Lipinski definition) is 3. The lowest BCUT2D eigenvalue weighted by molar-refractivity contribution is -0.137. The number of benzene rings is 2. The molecule has 1 unspecified atom stereocenters. The molecule has 0 saturated carbocycles. The van der Waals surface area contributed by atoms with Gasteiger partial charge >= 0.3 is 6.18 Å². The normalized spacial score (nSPS) is 16.8. The predicted molar refractivity (Wildman–Crippen MR) is 102 cm³/mol. The highest BCUT2D eigenvalue weighted by Gasteiger charge is 2.32. The molecule has 1 aromatic heterocycles. The van der Waals surface area contributed by atoms with Crippen molar-refractivity contribution in [2.24, 2.45) is 0 Å². The molecule has 1 saturated heterocycles. The fraction of sp³-hybridized carbons (Fsp3) is 0.286. The lowest BCUT2D eigenvalue weighted by Gasteiger charge is -2.40. The quantitative estimate of drug-likeness (QED) is 0.652. The van der Waals surface area contributed by atoms with Gasteiger partial charge in [0, 0.05) is 49.2 Å². The monoisotopic (exact) mass is 404 g/mol. The van der Waals surface area contributed by atoms with E-state index in [1.165, 1.54) is 18.2 Å². The van der Waals surface area contributed by atoms with Crippen LogP contribution in [0.15, 0.2) is 60.9 Å². The number of hydrogen-bond donors (Lipinski definition) is 1. The van der Waals surface area contributed by atoms with Crippen LogP contribution in [0.2, 0.25) is 0 Å². The Morgan fingerprint density at radius 1 is 0.966 bits per heavy atom. The maximum absolute atomic E-state index is 14.5. The van der Waals surface area contributed by atoms with E-state index < -0.39 is 11.7 Å². The summed E-state index contributed by atoms with van der Waals surface area (Å²) in [5.74, 6) is -0.293. The number of piperazine rings is 1. The van der Waals surface area contributed by atoms with E-state index in [0.717, 1.165) is 11.6 Å². The summed E-state index contributed by atoms with van der Waals surface area (Å²) in [7, 11) is 0. The molecule has 1 atom stereocenters. The van der Waals surface area contributed by atoms with Crippen LogP contribution in [-0.2, 0) is 6.18 Å². The molecule has 3 aromatic rings. The molecule has 8 heteroatoms. The van der Waals surface area contributed by atoms with Gasteiger partial charge in [-0.1, -0.05) is 24.3 Å². The minimum absolute atomic E-state index is 0.293. The highest BCUT2D eigenvalue weighted by atomic mass is 19.4. The molecule has 0 bridgehead atoms. The van der Waals surface area contributed by atoms with Crippen LogP contribution in [-0.4, -0.2) is 41.3 Å². The molecule has 1 N–H and O–H groups in total. The van der Waals surface area contributed by atoms with Gasteiger partial charge in [-0.05, 0) is 24.3 Å². The summed E-state index contributed by atoms with van der Waals surface area (Å²) in [6, 6.07) is 11.7. The number of rotatable bonds is 4. The number of anilines is 1. The lowest BCUT2D eigenvalue weighted by Crippen LogP contribution is -2.48. The van der Waals surface area contributed by atoms with Gasteiger partial charge in [0.05, 0.1) is 17.8 Å². The first-order chi connectivity index (χ1) is 13.9. The van der Waals surface area contributed by atoms with Gasteiger partial charge in [0.2, 0.25) is 0 Å². The number of alkyl halides is 3. The average molecular weight is 404 g/mol. The van der Waals surface area contributed by atoms with Gasteiger partial charge in [-0.3, -0.25) is 10.00 Å². The fourth-order valence-corrected chi connectivity index (χ4v) is 3.81. The van der Waals surface area contributed by atoms with Crippen molar-refractivity contribution >= 4 is 5.69 Å². The second-order valence-corrected chi connectivity index (χ2v) is 7.03. The van der Waals surface area contributed by atoms with Crippen molar-refractivity contribution in [3.05, 3.63) is 83.4 Å². The summed E-state index contributed by atoms with van der Waals surface area (Å²) in [6.07, 6.45) is -0.943. The van der Waals surface area contributed by atoms with Crippen LogP contribution in [0.1, 0.15) is 22.7 Å². The zero-order valence-corrected chi connectivity index (χ0v) is 15.5. The van der Waals surface area contributed by atoms with Crippen LogP contribution in [0.25, 0.3) is 0 Å². The van der Waals surface area contributed by atoms with E-state index in [1.807, 2.05) is 4.90 Å². The average Bonchev–Trinajstić information content (AvgIpc) is 3.24. The number of H-pyrrole nitrogens is 1. The Balaban J connectivity index is 1.54. The van der Waals surface area contributed by atoms with Crippen LogP contribution in [0.5, 0.6) is 0 Å². The van der Waals surface area contributed by atoms with Crippen LogP contribution >= 0.6 is 0 Å². The summed E-state index contributed by atoms with van der Waals surface area (Å²) in [5.41, 5.74) is 1.30. The van der Waals surface area contributed by atoms with Crippen molar-refractivity contribution in [3.63, 3.8) is 0 Å². The Morgan fingerprint density at radius 2 is 1.72 bits per heavy atom. The maximum Gasteiger partial charge on any atom is 0.416 e. The van der Waals surface area contributed by atoms with Crippen molar-refractivity contribution in [1.82, 2.24) is 15.1 Å². The first-order valence-corrected chi connectivity index (χ1v) is 9.33. The van der Waals surface area contributed by atoms with Gasteiger partial charge in [0.1, 0.15) is 5.82 Å². The molecule has 1 aliphatic rings. The predicted octanol–water partition coefficient (Wildman–Crippen LogP) is 4.48. The summed E-state index contributed by atoms with van der Waals surface area (Å²) in [5, 5.41) is 6.77. The van der Waals surface area contributed by atoms with E-state index in [-0.39, 0.29) is 11.9 Å². The molecule has 2 heterocycles. The van der Waals surface area contributed by atoms with Crippen molar-refractivity contribution in [2.45, 2.75) is 12.2 Å². The Kier molecular flexibility index (Phi) is 5.27. The summed E-state index contributed by atoms with van der Waals surface area (Å²) in [4.78, 5) is 4.06. The molecule has 0 radical (unpaired) electrons. The van der Waals surface area contributed by atoms with Gasteiger partial charge in [-0.25, -0.2) is 4.39 Å². The maximum atomic E-state index is 14.5. The third kappa shape index (κ3) is 4.12. The molecule has 0 spiro atoms. The number of halogens is 4. The lowest BCUT2D eigenvalue weighted by atomic mass is 9.98. The van der Waals surface area contributed by atoms with Crippen molar-refractivity contribution < 1.29 is 17.6 Å². The second kappa shape index (κ2) is 7.87. The largest absolute Gasteiger partial charge is 0.416 e. The number of aromatic nitrogens is 2. The first-order valence-electron chi connectivity index (χ1n) is 9.33. The molecule has 1 aliphatic heterocycles. The molecule has 1 fully saturated rings. The van der Waals surface area contributed by atoms with Crippen LogP contribution in [0.4, 0.5) is 23.2 Å². The molecular formula is C21H20F4N4. The van der Waals surface area contributed by atoms with Gasteiger partial charge in [0.15, 0.2) is 0 Å². The topological polar surface area (TPSA) is 35.2 Å². The Labute approximate surface area is 165 Å². The highest BCUT2D eigenvalue weighted by Crippen LogP contribution is 2.34. The van der Waals surface area contributed by atoms with E-state index >= 15 is 0 Å². The smallest absolute Gasteiger partial charge is 0.369 e. The molecule has 4 nitrogen and oxygen atoms in total. The standard InChI is InChI=1S/C21H20F4N4/c22-19-7-2-1-6-18(19)20(15-13-26-27-14-15)29-10-8-28(9-11-29)17-5-3-4-16(12-17)21(23,24)25/h1-7,12-14,20H,8-11H2,(H,26,27). The van der Waals surface area contributed by atoms with Crippen molar-refractivity contribution in [3.8, 4) is 0 Å². The van der Waals surface area contributed by atoms with Crippen molar-refractivity contribution in [1.29, 1.82) is 0 Å². The Morgan fingerprint density at radius 3 is 2.38 bits per heavy atom. The van der Waals surface area contributed by atoms with Crippen LogP contribution in [0.3, 0.4) is 0 Å². The van der Waals surface area contributed by atoms with Gasteiger partial charge in [0.25, 0.3) is 0 Å². The molecule has 0 aliphatic carbocycles. The Hall–Kier alpha value is -2.87. The fourth-order valence-electron chi connectivity index (χ4n) is 3.81. The minimum atomic E-state index is -4.37. The first kappa shape index (κ1) is 19.4. The van der Waals surface area contributed by atoms with Crippen molar-refractivity contribution in [2.75, 3.05) is 31.1 Å². The SMILES string of the molecule is Fc1ccccc1C(c1cn[nH]c1)N1CCN(c2cccc(C(F)(F)F)c2)CC1. The van der Waals surface area contributed by atoms with Gasteiger partial charge in [-0.2, -0.15) is 18.3 Å². The highest BCUT2D eigenvalue weighted by molar-refractivity contribution is 5.50. The molecule has 152 valence electrons. The zero-order chi connectivity index (χ0) is 20.4. The third-order valence-corrected chi connectivity index (χ3v) is 5.25. The summed E-state index contributed by atoms with van der Waals surface area (Å²) in [6.45, 7) is 2.26. The summed E-state index contributed by atoms with van der Waals surface area (Å²) < 4.78 is 53.6. The third-order valence-electron chi connectivity index (χ3n) is 5.25. The Bertz CT molecular complexity index is 947. The molecule has 0 amide bonds. The number of aromatic amines is 1. The molecule has 4 rings (SSSR count). The van der Waals surface area contributed by atoms with Gasteiger partial charge < -0.3 is 4.90 Å². The van der Waals surface area contributed by atoms with Crippen LogP contribution < -0.4 is 4.90 Å². The molecule has 29 heavy (non-hydrogen) atoms. The van der Waals surface area contributed by atoms with E-state index in [9.17, 15) is 17.6 Å². The summed E-state index contributed by atoms with van der Waals surface area (Å²) >= 11 is 0. The molecular weight excluding hydrogens is 384 g/mol. The van der Waals surface area contributed by atoms with E-state index in [0.29, 0.717) is 37.4 Å². The van der Waals surface area contributed by atoms with Gasteiger partial charge in [-0.15, -0.1) is 0 Å². The van der Waals surface area contributed by atoms with Crippen LogP contribution in [0, 0.1) is 5.82 Å². The number of nitrogens with zero attached hydrogens (tertiary/aromatic N) is 3.